The van der Waals surface area contributed by atoms with E-state index < -0.39 is 9.84 Å². The van der Waals surface area contributed by atoms with Crippen LogP contribution in [0.2, 0.25) is 0 Å². The van der Waals surface area contributed by atoms with Crippen LogP contribution in [0.25, 0.3) is 11.1 Å². The molecule has 0 aliphatic heterocycles. The Morgan fingerprint density at radius 1 is 1.37 bits per heavy atom. The first kappa shape index (κ1) is 12.1. The summed E-state index contributed by atoms with van der Waals surface area (Å²) in [6.45, 7) is 0. The SMILES string of the molecule is Nc1ccc2nc(S(=O)(=O)Cc3nccs3)oc2c1. The van der Waals surface area contributed by atoms with Gasteiger partial charge >= 0.3 is 5.22 Å². The number of oxazole rings is 1. The molecule has 19 heavy (non-hydrogen) atoms. The van der Waals surface area contributed by atoms with Crippen molar-refractivity contribution in [1.29, 1.82) is 0 Å². The van der Waals surface area contributed by atoms with Crippen LogP contribution >= 0.6 is 11.3 Å². The zero-order valence-electron chi connectivity index (χ0n) is 9.61. The molecule has 8 heteroatoms. The number of thiazole rings is 1. The number of hydrogen-bond acceptors (Lipinski definition) is 7. The quantitative estimate of drug-likeness (QED) is 0.740. The van der Waals surface area contributed by atoms with E-state index in [1.54, 1.807) is 29.8 Å². The Morgan fingerprint density at radius 2 is 2.21 bits per heavy atom. The standard InChI is InChI=1S/C11H9N3O3S2/c12-7-1-2-8-9(5-7)17-11(14-8)19(15,16)6-10-13-3-4-18-10/h1-5H,6,12H2. The van der Waals surface area contributed by atoms with Gasteiger partial charge in [-0.1, -0.05) is 0 Å². The molecule has 0 atom stereocenters. The summed E-state index contributed by atoms with van der Waals surface area (Å²) >= 11 is 1.27. The van der Waals surface area contributed by atoms with Gasteiger partial charge in [-0.3, -0.25) is 0 Å². The maximum absolute atomic E-state index is 12.1. The molecule has 0 aliphatic rings. The summed E-state index contributed by atoms with van der Waals surface area (Å²) in [5, 5.41) is 1.92. The van der Waals surface area contributed by atoms with E-state index in [0.29, 0.717) is 21.8 Å². The first-order chi connectivity index (χ1) is 9.04. The van der Waals surface area contributed by atoms with Gasteiger partial charge < -0.3 is 10.2 Å². The molecule has 2 aromatic heterocycles. The molecule has 0 saturated heterocycles. The second-order valence-electron chi connectivity index (χ2n) is 3.89. The maximum Gasteiger partial charge on any atom is 0.316 e. The van der Waals surface area contributed by atoms with E-state index in [-0.39, 0.29) is 11.0 Å². The molecule has 1 aromatic carbocycles. The largest absolute Gasteiger partial charge is 0.428 e. The van der Waals surface area contributed by atoms with Crippen LogP contribution in [0.4, 0.5) is 5.69 Å². The first-order valence-corrected chi connectivity index (χ1v) is 7.85. The molecule has 0 amide bonds. The lowest BCUT2D eigenvalue weighted by Gasteiger charge is -1.95. The van der Waals surface area contributed by atoms with Crippen molar-refractivity contribution >= 4 is 38.0 Å². The van der Waals surface area contributed by atoms with Crippen LogP contribution in [0.15, 0.2) is 39.4 Å². The van der Waals surface area contributed by atoms with Crippen molar-refractivity contribution in [3.8, 4) is 0 Å². The summed E-state index contributed by atoms with van der Waals surface area (Å²) < 4.78 is 29.5. The number of anilines is 1. The molecule has 2 heterocycles. The molecule has 2 N–H and O–H groups in total. The number of hydrogen-bond donors (Lipinski definition) is 1. The molecular weight excluding hydrogens is 286 g/mol. The number of nitrogen functional groups attached to an aromatic ring is 1. The predicted molar refractivity (Wildman–Crippen MR) is 71.4 cm³/mol. The average Bonchev–Trinajstić information content (AvgIpc) is 2.96. The molecule has 0 bridgehead atoms. The zero-order valence-corrected chi connectivity index (χ0v) is 11.2. The molecule has 0 aliphatic carbocycles. The summed E-state index contributed by atoms with van der Waals surface area (Å²) in [7, 11) is -3.63. The third kappa shape index (κ3) is 2.32. The fourth-order valence-corrected chi connectivity index (χ4v) is 3.72. The predicted octanol–water partition coefficient (Wildman–Crippen LogP) is 1.84. The van der Waals surface area contributed by atoms with Crippen molar-refractivity contribution in [2.75, 3.05) is 5.73 Å². The summed E-state index contributed by atoms with van der Waals surface area (Å²) in [5.41, 5.74) is 6.92. The van der Waals surface area contributed by atoms with E-state index in [1.807, 2.05) is 0 Å². The highest BCUT2D eigenvalue weighted by atomic mass is 32.2. The van der Waals surface area contributed by atoms with Crippen molar-refractivity contribution < 1.29 is 12.8 Å². The molecule has 0 fully saturated rings. The van der Waals surface area contributed by atoms with E-state index in [2.05, 4.69) is 9.97 Å². The summed E-state index contributed by atoms with van der Waals surface area (Å²) in [5.74, 6) is -0.215. The minimum absolute atomic E-state index is 0.215. The second kappa shape index (κ2) is 4.32. The number of fused-ring (bicyclic) bond motifs is 1. The van der Waals surface area contributed by atoms with Crippen LogP contribution in [0.1, 0.15) is 5.01 Å². The number of sulfone groups is 1. The zero-order chi connectivity index (χ0) is 13.5. The van der Waals surface area contributed by atoms with Crippen molar-refractivity contribution in [3.05, 3.63) is 34.8 Å². The first-order valence-electron chi connectivity index (χ1n) is 5.32. The lowest BCUT2D eigenvalue weighted by Crippen LogP contribution is -2.04. The number of benzene rings is 1. The Balaban J connectivity index is 2.03. The summed E-state index contributed by atoms with van der Waals surface area (Å²) in [6.07, 6.45) is 1.56. The highest BCUT2D eigenvalue weighted by Crippen LogP contribution is 2.23. The Bertz CT molecular complexity index is 822. The molecule has 3 aromatic rings. The minimum atomic E-state index is -3.63. The fourth-order valence-electron chi connectivity index (χ4n) is 1.60. The third-order valence-electron chi connectivity index (χ3n) is 2.46. The van der Waals surface area contributed by atoms with E-state index in [1.165, 1.54) is 11.3 Å². The Hall–Kier alpha value is -1.93. The van der Waals surface area contributed by atoms with Crippen LogP contribution in [-0.4, -0.2) is 18.4 Å². The highest BCUT2D eigenvalue weighted by molar-refractivity contribution is 7.90. The molecule has 0 spiro atoms. The molecule has 3 rings (SSSR count). The van der Waals surface area contributed by atoms with Crippen LogP contribution in [0.5, 0.6) is 0 Å². The number of nitrogens with zero attached hydrogens (tertiary/aromatic N) is 2. The van der Waals surface area contributed by atoms with Gasteiger partial charge in [0.15, 0.2) is 5.58 Å². The molecule has 0 radical (unpaired) electrons. The van der Waals surface area contributed by atoms with Crippen LogP contribution in [0, 0.1) is 0 Å². The van der Waals surface area contributed by atoms with Crippen LogP contribution < -0.4 is 5.73 Å². The Morgan fingerprint density at radius 3 is 2.95 bits per heavy atom. The molecular formula is C11H9N3O3S2. The normalized spacial score (nSPS) is 12.0. The lowest BCUT2D eigenvalue weighted by molar-refractivity contribution is 0.458. The van der Waals surface area contributed by atoms with Crippen molar-refractivity contribution in [2.45, 2.75) is 11.0 Å². The molecule has 0 saturated carbocycles. The Kier molecular flexibility index (Phi) is 2.76. The van der Waals surface area contributed by atoms with Gasteiger partial charge in [-0.05, 0) is 12.1 Å². The average molecular weight is 295 g/mol. The number of nitrogens with two attached hydrogens (primary N) is 1. The molecule has 0 unspecified atom stereocenters. The number of aromatic nitrogens is 2. The van der Waals surface area contributed by atoms with Gasteiger partial charge in [0.05, 0.1) is 0 Å². The van der Waals surface area contributed by atoms with E-state index in [9.17, 15) is 8.42 Å². The summed E-state index contributed by atoms with van der Waals surface area (Å²) in [4.78, 5) is 7.92. The topological polar surface area (TPSA) is 99.1 Å². The highest BCUT2D eigenvalue weighted by Gasteiger charge is 2.23. The second-order valence-corrected chi connectivity index (χ2v) is 6.74. The Labute approximate surface area is 112 Å². The monoisotopic (exact) mass is 295 g/mol. The minimum Gasteiger partial charge on any atom is -0.428 e. The third-order valence-corrected chi connectivity index (χ3v) is 4.78. The van der Waals surface area contributed by atoms with Gasteiger partial charge in [0, 0.05) is 23.3 Å². The van der Waals surface area contributed by atoms with Gasteiger partial charge in [-0.15, -0.1) is 11.3 Å². The van der Waals surface area contributed by atoms with Crippen molar-refractivity contribution in [3.63, 3.8) is 0 Å². The van der Waals surface area contributed by atoms with Crippen LogP contribution in [0.3, 0.4) is 0 Å². The van der Waals surface area contributed by atoms with Crippen molar-refractivity contribution in [1.82, 2.24) is 9.97 Å². The van der Waals surface area contributed by atoms with E-state index in [0.717, 1.165) is 0 Å². The van der Waals surface area contributed by atoms with Gasteiger partial charge in [-0.2, -0.15) is 4.98 Å². The van der Waals surface area contributed by atoms with E-state index in [4.69, 9.17) is 10.2 Å². The lowest BCUT2D eigenvalue weighted by atomic mass is 10.3. The fraction of sp³-hybridized carbons (Fsp3) is 0.0909. The van der Waals surface area contributed by atoms with Gasteiger partial charge in [-0.25, -0.2) is 13.4 Å². The van der Waals surface area contributed by atoms with E-state index >= 15 is 0 Å². The molecule has 6 nitrogen and oxygen atoms in total. The maximum atomic E-state index is 12.1. The smallest absolute Gasteiger partial charge is 0.316 e. The van der Waals surface area contributed by atoms with Gasteiger partial charge in [0.1, 0.15) is 16.3 Å². The number of rotatable bonds is 3. The van der Waals surface area contributed by atoms with Gasteiger partial charge in [0.25, 0.3) is 0 Å². The van der Waals surface area contributed by atoms with Gasteiger partial charge in [0.2, 0.25) is 9.84 Å². The molecule has 98 valence electrons. The van der Waals surface area contributed by atoms with Crippen molar-refractivity contribution in [2.24, 2.45) is 0 Å². The van der Waals surface area contributed by atoms with Crippen LogP contribution in [-0.2, 0) is 15.6 Å². The summed E-state index contributed by atoms with van der Waals surface area (Å²) in [6, 6.07) is 4.81.